The smallest absolute Gasteiger partial charge is 0.406 e. The second kappa shape index (κ2) is 6.31. The van der Waals surface area contributed by atoms with Crippen LogP contribution in [0.4, 0.5) is 13.2 Å². The van der Waals surface area contributed by atoms with Crippen molar-refractivity contribution in [2.75, 3.05) is 26.8 Å². The van der Waals surface area contributed by atoms with Crippen molar-refractivity contribution in [2.45, 2.75) is 12.6 Å². The first-order valence-corrected chi connectivity index (χ1v) is 4.31. The van der Waals surface area contributed by atoms with Gasteiger partial charge >= 0.3 is 12.1 Å². The fraction of sp³-hybridized carbons (Fsp3) is 0.750. The minimum Gasteiger partial charge on any atom is -0.480 e. The molecule has 1 amide bonds. The molecule has 94 valence electrons. The Morgan fingerprint density at radius 2 is 1.94 bits per heavy atom. The van der Waals surface area contributed by atoms with Gasteiger partial charge in [0.1, 0.15) is 13.1 Å². The molecule has 0 aliphatic carbocycles. The van der Waals surface area contributed by atoms with E-state index >= 15 is 0 Å². The van der Waals surface area contributed by atoms with Gasteiger partial charge < -0.3 is 14.7 Å². The van der Waals surface area contributed by atoms with Gasteiger partial charge in [0, 0.05) is 7.11 Å². The number of ether oxygens (including phenoxy) is 1. The summed E-state index contributed by atoms with van der Waals surface area (Å²) >= 11 is 0. The Labute approximate surface area is 89.8 Å². The van der Waals surface area contributed by atoms with Gasteiger partial charge in [0.15, 0.2) is 0 Å². The lowest BCUT2D eigenvalue weighted by Crippen LogP contribution is -2.42. The molecule has 0 saturated carbocycles. The molecule has 0 aliphatic rings. The van der Waals surface area contributed by atoms with Gasteiger partial charge in [-0.1, -0.05) is 0 Å². The summed E-state index contributed by atoms with van der Waals surface area (Å²) in [6.45, 7) is -2.59. The zero-order valence-electron chi connectivity index (χ0n) is 8.58. The fourth-order valence-corrected chi connectivity index (χ4v) is 0.959. The maximum Gasteiger partial charge on any atom is 0.406 e. The zero-order valence-corrected chi connectivity index (χ0v) is 8.58. The van der Waals surface area contributed by atoms with Crippen molar-refractivity contribution < 1.29 is 32.6 Å². The molecule has 0 atom stereocenters. The summed E-state index contributed by atoms with van der Waals surface area (Å²) in [7, 11) is 1.29. The quantitative estimate of drug-likeness (QED) is 0.737. The van der Waals surface area contributed by atoms with E-state index in [9.17, 15) is 22.8 Å². The number of amides is 1. The Balaban J connectivity index is 4.41. The molecule has 0 unspecified atom stereocenters. The summed E-state index contributed by atoms with van der Waals surface area (Å²) in [5, 5.41) is 8.36. The van der Waals surface area contributed by atoms with E-state index in [1.165, 1.54) is 7.11 Å². The molecule has 0 bridgehead atoms. The number of carbonyl (C=O) groups excluding carboxylic acids is 1. The molecule has 0 radical (unpaired) electrons. The average molecular weight is 243 g/mol. The molecular weight excluding hydrogens is 231 g/mol. The van der Waals surface area contributed by atoms with Crippen LogP contribution in [0.1, 0.15) is 6.42 Å². The maximum atomic E-state index is 12.0. The van der Waals surface area contributed by atoms with Crippen LogP contribution in [0.25, 0.3) is 0 Å². The summed E-state index contributed by atoms with van der Waals surface area (Å²) in [6.07, 6.45) is -4.89. The first-order valence-electron chi connectivity index (χ1n) is 4.31. The van der Waals surface area contributed by atoms with Gasteiger partial charge in [-0.15, -0.1) is 0 Å². The van der Waals surface area contributed by atoms with E-state index in [4.69, 9.17) is 5.11 Å². The van der Waals surface area contributed by atoms with E-state index in [2.05, 4.69) is 4.74 Å². The van der Waals surface area contributed by atoms with Crippen LogP contribution in [-0.4, -0.2) is 54.9 Å². The third-order valence-corrected chi connectivity index (χ3v) is 1.57. The minimum atomic E-state index is -4.61. The number of halogens is 3. The van der Waals surface area contributed by atoms with Crippen molar-refractivity contribution in [3.63, 3.8) is 0 Å². The number of rotatable bonds is 6. The molecule has 8 heteroatoms. The van der Waals surface area contributed by atoms with E-state index in [1.54, 1.807) is 0 Å². The third-order valence-electron chi connectivity index (χ3n) is 1.57. The van der Waals surface area contributed by atoms with Crippen LogP contribution < -0.4 is 0 Å². The second-order valence-electron chi connectivity index (χ2n) is 3.00. The van der Waals surface area contributed by atoms with Gasteiger partial charge in [0.2, 0.25) is 5.91 Å². The van der Waals surface area contributed by atoms with Gasteiger partial charge in [-0.2, -0.15) is 13.2 Å². The van der Waals surface area contributed by atoms with Crippen LogP contribution in [0.3, 0.4) is 0 Å². The maximum absolute atomic E-state index is 12.0. The first kappa shape index (κ1) is 14.7. The normalized spacial score (nSPS) is 11.2. The number of carbonyl (C=O) groups is 2. The molecule has 0 aromatic carbocycles. The number of nitrogens with zero attached hydrogens (tertiary/aromatic N) is 1. The van der Waals surface area contributed by atoms with Crippen molar-refractivity contribution in [1.82, 2.24) is 4.90 Å². The highest BCUT2D eigenvalue weighted by molar-refractivity contribution is 5.81. The molecule has 0 fully saturated rings. The lowest BCUT2D eigenvalue weighted by atomic mass is 10.3. The SMILES string of the molecule is COCCC(=O)N(CC(=O)O)CC(F)(F)F. The highest BCUT2D eigenvalue weighted by Gasteiger charge is 2.33. The van der Waals surface area contributed by atoms with Crippen molar-refractivity contribution in [1.29, 1.82) is 0 Å². The molecule has 0 rings (SSSR count). The van der Waals surface area contributed by atoms with Gasteiger partial charge in [-0.25, -0.2) is 0 Å². The second-order valence-corrected chi connectivity index (χ2v) is 3.00. The Morgan fingerprint density at radius 1 is 1.38 bits per heavy atom. The van der Waals surface area contributed by atoms with Crippen LogP contribution >= 0.6 is 0 Å². The van der Waals surface area contributed by atoms with Crippen molar-refractivity contribution >= 4 is 11.9 Å². The summed E-state index contributed by atoms with van der Waals surface area (Å²) in [4.78, 5) is 21.7. The van der Waals surface area contributed by atoms with E-state index in [1.807, 2.05) is 0 Å². The summed E-state index contributed by atoms with van der Waals surface area (Å²) in [6, 6.07) is 0. The van der Waals surface area contributed by atoms with E-state index in [0.717, 1.165) is 0 Å². The first-order chi connectivity index (χ1) is 7.26. The van der Waals surface area contributed by atoms with Gasteiger partial charge in [-0.3, -0.25) is 9.59 Å². The van der Waals surface area contributed by atoms with Crippen LogP contribution in [0.2, 0.25) is 0 Å². The molecule has 0 aliphatic heterocycles. The molecule has 0 saturated heterocycles. The number of carboxylic acid groups (broad SMARTS) is 1. The van der Waals surface area contributed by atoms with E-state index in [-0.39, 0.29) is 17.9 Å². The fourth-order valence-electron chi connectivity index (χ4n) is 0.959. The predicted molar refractivity (Wildman–Crippen MR) is 46.8 cm³/mol. The number of methoxy groups -OCH3 is 1. The monoisotopic (exact) mass is 243 g/mol. The molecule has 0 aromatic rings. The zero-order chi connectivity index (χ0) is 12.8. The van der Waals surface area contributed by atoms with Crippen molar-refractivity contribution in [3.05, 3.63) is 0 Å². The van der Waals surface area contributed by atoms with Crippen LogP contribution in [0.15, 0.2) is 0 Å². The van der Waals surface area contributed by atoms with E-state index < -0.39 is 31.1 Å². The Hall–Kier alpha value is -1.31. The lowest BCUT2D eigenvalue weighted by molar-refractivity contribution is -0.166. The molecule has 1 N–H and O–H groups in total. The Bertz CT molecular complexity index is 254. The van der Waals surface area contributed by atoms with Crippen LogP contribution in [0, 0.1) is 0 Å². The van der Waals surface area contributed by atoms with Crippen molar-refractivity contribution in [2.24, 2.45) is 0 Å². The van der Waals surface area contributed by atoms with Gasteiger partial charge in [-0.05, 0) is 0 Å². The number of hydrogen-bond donors (Lipinski definition) is 1. The molecular formula is C8H12F3NO4. The summed E-state index contributed by atoms with van der Waals surface area (Å²) in [5.41, 5.74) is 0. The molecule has 5 nitrogen and oxygen atoms in total. The average Bonchev–Trinajstić information content (AvgIpc) is 2.10. The van der Waals surface area contributed by atoms with Crippen molar-refractivity contribution in [3.8, 4) is 0 Å². The Morgan fingerprint density at radius 3 is 2.31 bits per heavy atom. The Kier molecular flexibility index (Phi) is 5.79. The third kappa shape index (κ3) is 7.04. The molecule has 16 heavy (non-hydrogen) atoms. The summed E-state index contributed by atoms with van der Waals surface area (Å²) < 4.78 is 40.6. The molecule has 0 aromatic heterocycles. The predicted octanol–water partition coefficient (Wildman–Crippen LogP) is 0.498. The van der Waals surface area contributed by atoms with E-state index in [0.29, 0.717) is 0 Å². The number of alkyl halides is 3. The van der Waals surface area contributed by atoms with Gasteiger partial charge in [0.25, 0.3) is 0 Å². The largest absolute Gasteiger partial charge is 0.480 e. The summed E-state index contributed by atoms with van der Waals surface area (Å²) in [5.74, 6) is -2.39. The highest BCUT2D eigenvalue weighted by atomic mass is 19.4. The molecule has 0 heterocycles. The topological polar surface area (TPSA) is 66.8 Å². The molecule has 0 spiro atoms. The number of aliphatic carboxylic acids is 1. The standard InChI is InChI=1S/C8H12F3NO4/c1-16-3-2-6(13)12(4-7(14)15)5-8(9,10)11/h2-5H2,1H3,(H,14,15). The lowest BCUT2D eigenvalue weighted by Gasteiger charge is -2.21. The van der Waals surface area contributed by atoms with Crippen LogP contribution in [0.5, 0.6) is 0 Å². The number of hydrogen-bond acceptors (Lipinski definition) is 3. The number of carboxylic acids is 1. The minimum absolute atomic E-state index is 0.0488. The van der Waals surface area contributed by atoms with Crippen LogP contribution in [-0.2, 0) is 14.3 Å². The highest BCUT2D eigenvalue weighted by Crippen LogP contribution is 2.16. The van der Waals surface area contributed by atoms with Gasteiger partial charge in [0.05, 0.1) is 13.0 Å².